The first kappa shape index (κ1) is 14.2. The maximum Gasteiger partial charge on any atom is 0.174 e. The van der Waals surface area contributed by atoms with Crippen LogP contribution in [0.2, 0.25) is 0 Å². The van der Waals surface area contributed by atoms with Gasteiger partial charge in [-0.3, -0.25) is 4.79 Å². The molecule has 0 aliphatic carbocycles. The molecule has 0 N–H and O–H groups in total. The van der Waals surface area contributed by atoms with Gasteiger partial charge < -0.3 is 4.74 Å². The summed E-state index contributed by atoms with van der Waals surface area (Å²) in [5, 5.41) is 4.13. The minimum Gasteiger partial charge on any atom is -0.493 e. The number of aromatic nitrogens is 3. The highest BCUT2D eigenvalue weighted by molar-refractivity contribution is 5.99. The summed E-state index contributed by atoms with van der Waals surface area (Å²) in [6, 6.07) is 7.30. The van der Waals surface area contributed by atoms with Gasteiger partial charge in [-0.25, -0.2) is 9.67 Å². The van der Waals surface area contributed by atoms with Crippen molar-refractivity contribution < 1.29 is 9.53 Å². The molecule has 2 aromatic rings. The number of hydrogen-bond acceptors (Lipinski definition) is 4. The molecule has 0 amide bonds. The van der Waals surface area contributed by atoms with Gasteiger partial charge in [-0.2, -0.15) is 5.10 Å². The topological polar surface area (TPSA) is 57.0 Å². The number of ether oxygens (including phenoxy) is 1. The Hall–Kier alpha value is -2.17. The van der Waals surface area contributed by atoms with Crippen LogP contribution in [0.25, 0.3) is 0 Å². The van der Waals surface area contributed by atoms with Gasteiger partial charge in [-0.05, 0) is 25.5 Å². The predicted molar refractivity (Wildman–Crippen MR) is 76.0 cm³/mol. The van der Waals surface area contributed by atoms with Gasteiger partial charge in [0, 0.05) is 6.54 Å². The second-order valence-electron chi connectivity index (χ2n) is 4.43. The van der Waals surface area contributed by atoms with Gasteiger partial charge in [0.15, 0.2) is 5.78 Å². The SMILES string of the molecule is CCCn1ncnc1CC(=O)c1ccccc1OCC. The lowest BCUT2D eigenvalue weighted by molar-refractivity contribution is 0.0985. The van der Waals surface area contributed by atoms with Gasteiger partial charge in [0.25, 0.3) is 0 Å². The molecule has 0 saturated carbocycles. The monoisotopic (exact) mass is 273 g/mol. The van der Waals surface area contributed by atoms with E-state index in [-0.39, 0.29) is 12.2 Å². The number of ketones is 1. The first-order valence-corrected chi connectivity index (χ1v) is 6.88. The molecule has 106 valence electrons. The Balaban J connectivity index is 2.17. The second kappa shape index (κ2) is 6.84. The van der Waals surface area contributed by atoms with Crippen LogP contribution < -0.4 is 4.74 Å². The average Bonchev–Trinajstić information content (AvgIpc) is 2.87. The molecule has 1 heterocycles. The number of carbonyl (C=O) groups excluding carboxylic acids is 1. The zero-order valence-corrected chi connectivity index (χ0v) is 11.9. The Morgan fingerprint density at radius 1 is 1.30 bits per heavy atom. The van der Waals surface area contributed by atoms with Crippen molar-refractivity contribution in [2.24, 2.45) is 0 Å². The quantitative estimate of drug-likeness (QED) is 0.727. The van der Waals surface area contributed by atoms with E-state index >= 15 is 0 Å². The van der Waals surface area contributed by atoms with Gasteiger partial charge in [0.05, 0.1) is 18.6 Å². The van der Waals surface area contributed by atoms with Crippen LogP contribution in [-0.4, -0.2) is 27.2 Å². The van der Waals surface area contributed by atoms with Crippen LogP contribution >= 0.6 is 0 Å². The van der Waals surface area contributed by atoms with Crippen LogP contribution in [0.15, 0.2) is 30.6 Å². The summed E-state index contributed by atoms with van der Waals surface area (Å²) in [5.74, 6) is 1.32. The fraction of sp³-hybridized carbons (Fsp3) is 0.400. The van der Waals surface area contributed by atoms with Crippen molar-refractivity contribution in [2.45, 2.75) is 33.2 Å². The number of hydrogen-bond donors (Lipinski definition) is 0. The molecule has 0 unspecified atom stereocenters. The van der Waals surface area contributed by atoms with Gasteiger partial charge in [0.2, 0.25) is 0 Å². The molecule has 0 saturated heterocycles. The molecule has 0 bridgehead atoms. The van der Waals surface area contributed by atoms with Crippen LogP contribution in [0.1, 0.15) is 36.5 Å². The largest absolute Gasteiger partial charge is 0.493 e. The van der Waals surface area contributed by atoms with Gasteiger partial charge in [0.1, 0.15) is 17.9 Å². The molecule has 1 aromatic carbocycles. The van der Waals surface area contributed by atoms with Crippen LogP contribution in [0.5, 0.6) is 5.75 Å². The minimum absolute atomic E-state index is 0.000553. The van der Waals surface area contributed by atoms with E-state index in [0.29, 0.717) is 23.7 Å². The third-order valence-electron chi connectivity index (χ3n) is 2.94. The van der Waals surface area contributed by atoms with Crippen molar-refractivity contribution in [3.05, 3.63) is 42.0 Å². The molecule has 5 nitrogen and oxygen atoms in total. The second-order valence-corrected chi connectivity index (χ2v) is 4.43. The van der Waals surface area contributed by atoms with Crippen molar-refractivity contribution in [2.75, 3.05) is 6.61 Å². The molecule has 0 spiro atoms. The highest BCUT2D eigenvalue weighted by Gasteiger charge is 2.15. The Kier molecular flexibility index (Phi) is 4.87. The summed E-state index contributed by atoms with van der Waals surface area (Å²) in [4.78, 5) is 16.6. The zero-order valence-electron chi connectivity index (χ0n) is 11.9. The van der Waals surface area contributed by atoms with Crippen molar-refractivity contribution in [1.82, 2.24) is 14.8 Å². The standard InChI is InChI=1S/C15H19N3O2/c1-3-9-18-15(16-11-17-18)10-13(19)12-7-5-6-8-14(12)20-4-2/h5-8,11H,3-4,9-10H2,1-2H3. The normalized spacial score (nSPS) is 10.5. The molecule has 0 atom stereocenters. The third kappa shape index (κ3) is 3.23. The first-order chi connectivity index (χ1) is 9.76. The van der Waals surface area contributed by atoms with E-state index in [1.165, 1.54) is 6.33 Å². The summed E-state index contributed by atoms with van der Waals surface area (Å²) in [5.41, 5.74) is 0.598. The lowest BCUT2D eigenvalue weighted by Gasteiger charge is -2.09. The van der Waals surface area contributed by atoms with E-state index in [2.05, 4.69) is 17.0 Å². The lowest BCUT2D eigenvalue weighted by atomic mass is 10.1. The van der Waals surface area contributed by atoms with Crippen LogP contribution in [0, 0.1) is 0 Å². The molecule has 0 radical (unpaired) electrons. The van der Waals surface area contributed by atoms with E-state index < -0.39 is 0 Å². The molecule has 0 aliphatic rings. The Labute approximate surface area is 118 Å². The van der Waals surface area contributed by atoms with Gasteiger partial charge in [-0.15, -0.1) is 0 Å². The molecular weight excluding hydrogens is 254 g/mol. The molecule has 0 aliphatic heterocycles. The highest BCUT2D eigenvalue weighted by atomic mass is 16.5. The van der Waals surface area contributed by atoms with E-state index in [9.17, 15) is 4.79 Å². The minimum atomic E-state index is -0.000553. The van der Waals surface area contributed by atoms with Gasteiger partial charge in [-0.1, -0.05) is 19.1 Å². The third-order valence-corrected chi connectivity index (χ3v) is 2.94. The highest BCUT2D eigenvalue weighted by Crippen LogP contribution is 2.19. The van der Waals surface area contributed by atoms with Crippen molar-refractivity contribution in [1.29, 1.82) is 0 Å². The first-order valence-electron chi connectivity index (χ1n) is 6.88. The number of nitrogens with zero attached hydrogens (tertiary/aromatic N) is 3. The van der Waals surface area contributed by atoms with E-state index in [4.69, 9.17) is 4.74 Å². The number of carbonyl (C=O) groups is 1. The Morgan fingerprint density at radius 3 is 2.85 bits per heavy atom. The van der Waals surface area contributed by atoms with Crippen LogP contribution in [0.4, 0.5) is 0 Å². The van der Waals surface area contributed by atoms with Crippen molar-refractivity contribution >= 4 is 5.78 Å². The smallest absolute Gasteiger partial charge is 0.174 e. The maximum atomic E-state index is 12.4. The van der Waals surface area contributed by atoms with Crippen LogP contribution in [-0.2, 0) is 13.0 Å². The number of Topliss-reactive ketones (excluding diaryl/α,β-unsaturated/α-hetero) is 1. The summed E-state index contributed by atoms with van der Waals surface area (Å²) in [6.45, 7) is 5.28. The maximum absolute atomic E-state index is 12.4. The van der Waals surface area contributed by atoms with Crippen LogP contribution in [0.3, 0.4) is 0 Å². The molecule has 1 aromatic heterocycles. The number of aryl methyl sites for hydroxylation is 1. The summed E-state index contributed by atoms with van der Waals surface area (Å²) in [6.07, 6.45) is 2.69. The number of para-hydroxylation sites is 1. The molecule has 2 rings (SSSR count). The summed E-state index contributed by atoms with van der Waals surface area (Å²) in [7, 11) is 0. The Morgan fingerprint density at radius 2 is 2.10 bits per heavy atom. The van der Waals surface area contributed by atoms with E-state index in [1.54, 1.807) is 10.7 Å². The van der Waals surface area contributed by atoms with E-state index in [1.807, 2.05) is 25.1 Å². The summed E-state index contributed by atoms with van der Waals surface area (Å²) >= 11 is 0. The number of rotatable bonds is 7. The molecule has 20 heavy (non-hydrogen) atoms. The molecule has 0 fully saturated rings. The fourth-order valence-electron chi connectivity index (χ4n) is 2.04. The van der Waals surface area contributed by atoms with Crippen molar-refractivity contribution in [3.63, 3.8) is 0 Å². The van der Waals surface area contributed by atoms with E-state index in [0.717, 1.165) is 13.0 Å². The predicted octanol–water partition coefficient (Wildman–Crippen LogP) is 2.51. The summed E-state index contributed by atoms with van der Waals surface area (Å²) < 4.78 is 7.27. The fourth-order valence-corrected chi connectivity index (χ4v) is 2.04. The van der Waals surface area contributed by atoms with Gasteiger partial charge >= 0.3 is 0 Å². The van der Waals surface area contributed by atoms with Crippen molar-refractivity contribution in [3.8, 4) is 5.75 Å². The zero-order chi connectivity index (χ0) is 14.4. The lowest BCUT2D eigenvalue weighted by Crippen LogP contribution is -2.12. The molecular formula is C15H19N3O2. The Bertz CT molecular complexity index is 578. The average molecular weight is 273 g/mol. The molecule has 5 heteroatoms. The number of benzene rings is 1.